The molecule has 3 aromatic rings. The van der Waals surface area contributed by atoms with Gasteiger partial charge in [0.1, 0.15) is 5.58 Å². The highest BCUT2D eigenvalue weighted by molar-refractivity contribution is 6.33. The van der Waals surface area contributed by atoms with Crippen LogP contribution in [0.4, 0.5) is 5.69 Å². The number of benzene rings is 2. The predicted molar refractivity (Wildman–Crippen MR) is 107 cm³/mol. The maximum absolute atomic E-state index is 12.8. The Bertz CT molecular complexity index is 1070. The van der Waals surface area contributed by atoms with Gasteiger partial charge < -0.3 is 14.2 Å². The molecular weight excluding hydrogens is 387 g/mol. The Morgan fingerprint density at radius 2 is 1.70 bits per heavy atom. The summed E-state index contributed by atoms with van der Waals surface area (Å²) in [5.41, 5.74) is 1.03. The first-order valence-corrected chi connectivity index (χ1v) is 9.31. The lowest BCUT2D eigenvalue weighted by Crippen LogP contribution is -2.49. The lowest BCUT2D eigenvalue weighted by atomic mass is 10.2. The quantitative estimate of drug-likeness (QED) is 0.648. The molecule has 27 heavy (non-hydrogen) atoms. The molecule has 5 nitrogen and oxygen atoms in total. The molecule has 7 heteroatoms. The van der Waals surface area contributed by atoms with Crippen molar-refractivity contribution >= 4 is 45.8 Å². The van der Waals surface area contributed by atoms with Gasteiger partial charge in [0, 0.05) is 37.3 Å². The molecule has 1 fully saturated rings. The maximum Gasteiger partial charge on any atom is 0.289 e. The van der Waals surface area contributed by atoms with Crippen molar-refractivity contribution in [1.82, 2.24) is 4.90 Å². The van der Waals surface area contributed by atoms with Crippen molar-refractivity contribution in [2.24, 2.45) is 0 Å². The minimum atomic E-state index is -0.289. The molecule has 1 amide bonds. The van der Waals surface area contributed by atoms with Crippen LogP contribution in [-0.4, -0.2) is 37.0 Å². The smallest absolute Gasteiger partial charge is 0.289 e. The Hall–Kier alpha value is -2.50. The minimum Gasteiger partial charge on any atom is -0.451 e. The van der Waals surface area contributed by atoms with Gasteiger partial charge in [-0.2, -0.15) is 0 Å². The number of rotatable bonds is 2. The molecule has 0 N–H and O–H groups in total. The van der Waals surface area contributed by atoms with Crippen LogP contribution in [0.25, 0.3) is 11.0 Å². The second kappa shape index (κ2) is 7.25. The molecule has 1 aromatic heterocycles. The predicted octanol–water partition coefficient (Wildman–Crippen LogP) is 4.06. The monoisotopic (exact) mass is 402 g/mol. The Kier molecular flexibility index (Phi) is 4.81. The van der Waals surface area contributed by atoms with Crippen molar-refractivity contribution in [3.63, 3.8) is 0 Å². The van der Waals surface area contributed by atoms with Crippen molar-refractivity contribution in [2.45, 2.75) is 0 Å². The van der Waals surface area contributed by atoms with Crippen molar-refractivity contribution in [3.05, 3.63) is 74.6 Å². The molecule has 2 aromatic carbocycles. The van der Waals surface area contributed by atoms with Crippen molar-refractivity contribution < 1.29 is 9.21 Å². The number of anilines is 1. The van der Waals surface area contributed by atoms with Crippen molar-refractivity contribution in [3.8, 4) is 0 Å². The normalized spacial score (nSPS) is 14.6. The van der Waals surface area contributed by atoms with Gasteiger partial charge in [0.2, 0.25) is 0 Å². The fourth-order valence-corrected chi connectivity index (χ4v) is 3.68. The summed E-state index contributed by atoms with van der Waals surface area (Å²) in [6.45, 7) is 2.35. The van der Waals surface area contributed by atoms with Crippen molar-refractivity contribution in [1.29, 1.82) is 0 Å². The number of carbonyl (C=O) groups excluding carboxylic acids is 1. The van der Waals surface area contributed by atoms with E-state index in [4.69, 9.17) is 27.6 Å². The van der Waals surface area contributed by atoms with Crippen LogP contribution in [0.15, 0.2) is 57.7 Å². The van der Waals surface area contributed by atoms with Gasteiger partial charge in [-0.25, -0.2) is 0 Å². The van der Waals surface area contributed by atoms with Crippen LogP contribution in [0.1, 0.15) is 10.6 Å². The van der Waals surface area contributed by atoms with Gasteiger partial charge in [-0.05, 0) is 30.3 Å². The topological polar surface area (TPSA) is 53.8 Å². The average molecular weight is 403 g/mol. The zero-order chi connectivity index (χ0) is 19.0. The Labute approximate surface area is 165 Å². The third kappa shape index (κ3) is 3.53. The largest absolute Gasteiger partial charge is 0.451 e. The van der Waals surface area contributed by atoms with Gasteiger partial charge in [0.25, 0.3) is 5.91 Å². The molecule has 0 radical (unpaired) electrons. The van der Waals surface area contributed by atoms with E-state index in [1.54, 1.807) is 23.1 Å². The summed E-state index contributed by atoms with van der Waals surface area (Å²) < 4.78 is 5.66. The maximum atomic E-state index is 12.8. The van der Waals surface area contributed by atoms with E-state index in [-0.39, 0.29) is 17.1 Å². The molecular formula is C20H16Cl2N2O3. The van der Waals surface area contributed by atoms with E-state index >= 15 is 0 Å². The average Bonchev–Trinajstić information content (AvgIpc) is 2.68. The number of fused-ring (bicyclic) bond motifs is 1. The Balaban J connectivity index is 1.53. The number of amides is 1. The molecule has 0 bridgehead atoms. The minimum absolute atomic E-state index is 0.0426. The number of halogens is 2. The number of carbonyl (C=O) groups is 1. The summed E-state index contributed by atoms with van der Waals surface area (Å²) in [5.74, 6) is -0.247. The van der Waals surface area contributed by atoms with Crippen LogP contribution in [0.3, 0.4) is 0 Å². The summed E-state index contributed by atoms with van der Waals surface area (Å²) in [6.07, 6.45) is 0. The molecule has 2 heterocycles. The molecule has 4 rings (SSSR count). The molecule has 138 valence electrons. The Morgan fingerprint density at radius 1 is 0.963 bits per heavy atom. The molecule has 0 aliphatic carbocycles. The molecule has 0 atom stereocenters. The number of nitrogens with zero attached hydrogens (tertiary/aromatic N) is 2. The van der Waals surface area contributed by atoms with Gasteiger partial charge in [0.15, 0.2) is 11.2 Å². The van der Waals surface area contributed by atoms with Crippen LogP contribution < -0.4 is 10.3 Å². The summed E-state index contributed by atoms with van der Waals surface area (Å²) in [5, 5.41) is 1.50. The van der Waals surface area contributed by atoms with E-state index in [0.717, 1.165) is 5.69 Å². The summed E-state index contributed by atoms with van der Waals surface area (Å²) in [7, 11) is 0. The number of piperazine rings is 1. The van der Waals surface area contributed by atoms with Gasteiger partial charge >= 0.3 is 0 Å². The summed E-state index contributed by atoms with van der Waals surface area (Å²) in [6, 6.07) is 13.7. The Morgan fingerprint density at radius 3 is 2.44 bits per heavy atom. The highest BCUT2D eigenvalue weighted by Crippen LogP contribution is 2.26. The zero-order valence-corrected chi connectivity index (χ0v) is 15.8. The standard InChI is InChI=1S/C20H16Cl2N2O3/c21-13-5-6-18-14(11-13)17(25)12-19(27-18)20(26)24-9-7-23(8-10-24)16-4-2-1-3-15(16)22/h1-6,11-12H,7-10H2. The van der Waals surface area contributed by atoms with Gasteiger partial charge in [-0.15, -0.1) is 0 Å². The first-order chi connectivity index (χ1) is 13.0. The van der Waals surface area contributed by atoms with E-state index in [1.165, 1.54) is 6.07 Å². The van der Waals surface area contributed by atoms with E-state index in [0.29, 0.717) is 47.2 Å². The molecule has 1 saturated heterocycles. The fourth-order valence-electron chi connectivity index (χ4n) is 3.25. The van der Waals surface area contributed by atoms with Gasteiger partial charge in [0.05, 0.1) is 16.1 Å². The first kappa shape index (κ1) is 17.9. The molecule has 0 saturated carbocycles. The summed E-state index contributed by atoms with van der Waals surface area (Å²) >= 11 is 12.2. The first-order valence-electron chi connectivity index (χ1n) is 8.55. The van der Waals surface area contributed by atoms with E-state index < -0.39 is 0 Å². The van der Waals surface area contributed by atoms with Gasteiger partial charge in [-0.1, -0.05) is 35.3 Å². The second-order valence-corrected chi connectivity index (χ2v) is 7.19. The highest BCUT2D eigenvalue weighted by Gasteiger charge is 2.25. The molecule has 0 spiro atoms. The van der Waals surface area contributed by atoms with Gasteiger partial charge in [-0.3, -0.25) is 9.59 Å². The number of hydrogen-bond acceptors (Lipinski definition) is 4. The van der Waals surface area contributed by atoms with Crippen LogP contribution >= 0.6 is 23.2 Å². The second-order valence-electron chi connectivity index (χ2n) is 6.35. The van der Waals surface area contributed by atoms with E-state index in [1.807, 2.05) is 24.3 Å². The lowest BCUT2D eigenvalue weighted by molar-refractivity contribution is 0.0715. The number of para-hydroxylation sites is 1. The van der Waals surface area contributed by atoms with Crippen molar-refractivity contribution in [2.75, 3.05) is 31.1 Å². The van der Waals surface area contributed by atoms with E-state index in [2.05, 4.69) is 4.90 Å². The lowest BCUT2D eigenvalue weighted by Gasteiger charge is -2.36. The van der Waals surface area contributed by atoms with Crippen LogP contribution in [0.5, 0.6) is 0 Å². The van der Waals surface area contributed by atoms with Crippen LogP contribution in [0.2, 0.25) is 10.0 Å². The third-order valence-electron chi connectivity index (χ3n) is 4.66. The molecule has 1 aliphatic heterocycles. The third-order valence-corrected chi connectivity index (χ3v) is 5.21. The fraction of sp³-hybridized carbons (Fsp3) is 0.200. The number of hydrogen-bond donors (Lipinski definition) is 0. The van der Waals surface area contributed by atoms with Crippen LogP contribution in [-0.2, 0) is 0 Å². The molecule has 0 unspecified atom stereocenters. The SMILES string of the molecule is O=C(c1cc(=O)c2cc(Cl)ccc2o1)N1CCN(c2ccccc2Cl)CC1. The highest BCUT2D eigenvalue weighted by atomic mass is 35.5. The van der Waals surface area contributed by atoms with E-state index in [9.17, 15) is 9.59 Å². The molecule has 1 aliphatic rings. The zero-order valence-electron chi connectivity index (χ0n) is 14.3. The van der Waals surface area contributed by atoms with Crippen LogP contribution in [0, 0.1) is 0 Å². The summed E-state index contributed by atoms with van der Waals surface area (Å²) in [4.78, 5) is 28.9.